The average Bonchev–Trinajstić information content (AvgIpc) is 2.87. The van der Waals surface area contributed by atoms with Gasteiger partial charge in [0.1, 0.15) is 5.60 Å². The highest BCUT2D eigenvalue weighted by atomic mass is 16.6. The Hall–Kier alpha value is -2.24. The summed E-state index contributed by atoms with van der Waals surface area (Å²) in [6.45, 7) is 8.48. The first-order chi connectivity index (χ1) is 10.7. The van der Waals surface area contributed by atoms with Gasteiger partial charge >= 0.3 is 12.1 Å². The minimum Gasteiger partial charge on any atom is -0.478 e. The second kappa shape index (κ2) is 6.48. The molecule has 23 heavy (non-hydrogen) atoms. The Balaban J connectivity index is 1.97. The molecule has 1 unspecified atom stereocenters. The predicted molar refractivity (Wildman–Crippen MR) is 88.0 cm³/mol. The molecule has 1 aromatic rings. The van der Waals surface area contributed by atoms with E-state index in [1.165, 1.54) is 0 Å². The number of hydrogen-bond acceptors (Lipinski definition) is 4. The first-order valence-corrected chi connectivity index (χ1v) is 7.74. The van der Waals surface area contributed by atoms with Gasteiger partial charge < -0.3 is 20.1 Å². The van der Waals surface area contributed by atoms with Crippen LogP contribution in [0.15, 0.2) is 18.2 Å². The van der Waals surface area contributed by atoms with E-state index in [1.54, 1.807) is 24.0 Å². The van der Waals surface area contributed by atoms with Crippen LogP contribution >= 0.6 is 0 Å². The summed E-state index contributed by atoms with van der Waals surface area (Å²) >= 11 is 0. The summed E-state index contributed by atoms with van der Waals surface area (Å²) in [5, 5.41) is 12.5. The summed E-state index contributed by atoms with van der Waals surface area (Å²) in [7, 11) is 0. The van der Waals surface area contributed by atoms with Gasteiger partial charge in [0.15, 0.2) is 0 Å². The number of rotatable bonds is 3. The summed E-state index contributed by atoms with van der Waals surface area (Å²) in [6.07, 6.45) is 0.493. The number of nitrogens with one attached hydrogen (secondary N) is 1. The van der Waals surface area contributed by atoms with Gasteiger partial charge in [-0.05, 0) is 51.8 Å². The van der Waals surface area contributed by atoms with Gasteiger partial charge in [-0.1, -0.05) is 6.07 Å². The van der Waals surface area contributed by atoms with Crippen molar-refractivity contribution in [1.82, 2.24) is 4.90 Å². The van der Waals surface area contributed by atoms with E-state index >= 15 is 0 Å². The van der Waals surface area contributed by atoms with Crippen LogP contribution in [0.5, 0.6) is 0 Å². The molecule has 1 amide bonds. The van der Waals surface area contributed by atoms with Gasteiger partial charge in [0, 0.05) is 24.8 Å². The molecule has 6 heteroatoms. The van der Waals surface area contributed by atoms with Gasteiger partial charge in [-0.15, -0.1) is 0 Å². The zero-order valence-electron chi connectivity index (χ0n) is 14.0. The number of carboxylic acids is 1. The number of anilines is 1. The molecule has 1 saturated heterocycles. The predicted octanol–water partition coefficient (Wildman–Crippen LogP) is 3.11. The molecule has 2 rings (SSSR count). The molecule has 126 valence electrons. The van der Waals surface area contributed by atoms with Crippen LogP contribution in [0.1, 0.15) is 43.1 Å². The molecule has 1 heterocycles. The minimum absolute atomic E-state index is 0.0897. The highest BCUT2D eigenvalue weighted by Gasteiger charge is 2.29. The maximum absolute atomic E-state index is 12.0. The Kier molecular flexibility index (Phi) is 4.82. The molecule has 1 fully saturated rings. The molecule has 0 saturated carbocycles. The lowest BCUT2D eigenvalue weighted by Crippen LogP contribution is -2.36. The number of benzene rings is 1. The standard InChI is InChI=1S/C17H24N2O4/c1-11-5-6-12(9-14(11)15(20)21)18-13-7-8-19(10-13)16(22)23-17(2,3)4/h5-6,9,13,18H,7-8,10H2,1-4H3,(H,20,21). The maximum Gasteiger partial charge on any atom is 0.410 e. The largest absolute Gasteiger partial charge is 0.478 e. The number of hydrogen-bond donors (Lipinski definition) is 2. The third-order valence-electron chi connectivity index (χ3n) is 3.68. The van der Waals surface area contributed by atoms with Crippen LogP contribution in [-0.2, 0) is 4.74 Å². The number of carbonyl (C=O) groups is 2. The fraction of sp³-hybridized carbons (Fsp3) is 0.529. The number of likely N-dealkylation sites (tertiary alicyclic amines) is 1. The first kappa shape index (κ1) is 17.1. The van der Waals surface area contributed by atoms with Crippen molar-refractivity contribution in [3.8, 4) is 0 Å². The van der Waals surface area contributed by atoms with E-state index in [2.05, 4.69) is 5.32 Å². The van der Waals surface area contributed by atoms with Crippen LogP contribution in [0.4, 0.5) is 10.5 Å². The molecule has 1 aliphatic rings. The van der Waals surface area contributed by atoms with E-state index in [-0.39, 0.29) is 17.7 Å². The zero-order valence-corrected chi connectivity index (χ0v) is 14.0. The third-order valence-corrected chi connectivity index (χ3v) is 3.68. The lowest BCUT2D eigenvalue weighted by Gasteiger charge is -2.24. The number of nitrogens with zero attached hydrogens (tertiary/aromatic N) is 1. The number of carboxylic acid groups (broad SMARTS) is 1. The van der Waals surface area contributed by atoms with E-state index in [9.17, 15) is 14.7 Å². The third kappa shape index (κ3) is 4.61. The Labute approximate surface area is 136 Å². The van der Waals surface area contributed by atoms with Crippen LogP contribution in [0.25, 0.3) is 0 Å². The fourth-order valence-electron chi connectivity index (χ4n) is 2.55. The van der Waals surface area contributed by atoms with Crippen molar-refractivity contribution in [1.29, 1.82) is 0 Å². The topological polar surface area (TPSA) is 78.9 Å². The highest BCUT2D eigenvalue weighted by Crippen LogP contribution is 2.21. The van der Waals surface area contributed by atoms with Crippen molar-refractivity contribution in [3.05, 3.63) is 29.3 Å². The van der Waals surface area contributed by atoms with Crippen molar-refractivity contribution >= 4 is 17.7 Å². The van der Waals surface area contributed by atoms with Crippen LogP contribution in [0.3, 0.4) is 0 Å². The van der Waals surface area contributed by atoms with E-state index < -0.39 is 11.6 Å². The maximum atomic E-state index is 12.0. The van der Waals surface area contributed by atoms with Crippen molar-refractivity contribution in [2.45, 2.75) is 45.8 Å². The molecule has 1 aromatic carbocycles. The zero-order chi connectivity index (χ0) is 17.2. The molecular formula is C17H24N2O4. The SMILES string of the molecule is Cc1ccc(NC2CCN(C(=O)OC(C)(C)C)C2)cc1C(=O)O. The van der Waals surface area contributed by atoms with Crippen molar-refractivity contribution in [3.63, 3.8) is 0 Å². The molecule has 6 nitrogen and oxygen atoms in total. The van der Waals surface area contributed by atoms with Crippen molar-refractivity contribution < 1.29 is 19.4 Å². The highest BCUT2D eigenvalue weighted by molar-refractivity contribution is 5.90. The molecule has 0 aromatic heterocycles. The summed E-state index contributed by atoms with van der Waals surface area (Å²) < 4.78 is 5.37. The molecule has 0 aliphatic carbocycles. The van der Waals surface area contributed by atoms with E-state index in [0.29, 0.717) is 13.1 Å². The van der Waals surface area contributed by atoms with E-state index in [1.807, 2.05) is 26.8 Å². The normalized spacial score (nSPS) is 17.9. The lowest BCUT2D eigenvalue weighted by molar-refractivity contribution is 0.0293. The van der Waals surface area contributed by atoms with Crippen molar-refractivity contribution in [2.75, 3.05) is 18.4 Å². The Bertz CT molecular complexity index is 607. The molecule has 0 bridgehead atoms. The van der Waals surface area contributed by atoms with Crippen LogP contribution < -0.4 is 5.32 Å². The van der Waals surface area contributed by atoms with Crippen LogP contribution in [-0.4, -0.2) is 46.8 Å². The molecule has 1 aliphatic heterocycles. The Morgan fingerprint density at radius 2 is 2.04 bits per heavy atom. The van der Waals surface area contributed by atoms with Gasteiger partial charge in [-0.25, -0.2) is 9.59 Å². The van der Waals surface area contributed by atoms with Crippen LogP contribution in [0.2, 0.25) is 0 Å². The monoisotopic (exact) mass is 320 g/mol. The van der Waals surface area contributed by atoms with Crippen molar-refractivity contribution in [2.24, 2.45) is 0 Å². The van der Waals surface area contributed by atoms with Gasteiger partial charge in [-0.2, -0.15) is 0 Å². The second-order valence-corrected chi connectivity index (χ2v) is 6.89. The van der Waals surface area contributed by atoms with Crippen LogP contribution in [0, 0.1) is 6.92 Å². The number of aromatic carboxylic acids is 1. The first-order valence-electron chi connectivity index (χ1n) is 7.74. The van der Waals surface area contributed by atoms with Gasteiger partial charge in [0.2, 0.25) is 0 Å². The Morgan fingerprint density at radius 3 is 2.65 bits per heavy atom. The molecule has 0 spiro atoms. The molecular weight excluding hydrogens is 296 g/mol. The molecule has 2 N–H and O–H groups in total. The van der Waals surface area contributed by atoms with Gasteiger partial charge in [-0.3, -0.25) is 0 Å². The summed E-state index contributed by atoms with van der Waals surface area (Å²) in [5.41, 5.74) is 1.27. The lowest BCUT2D eigenvalue weighted by atomic mass is 10.1. The van der Waals surface area contributed by atoms with Gasteiger partial charge in [0.05, 0.1) is 5.56 Å². The number of amides is 1. The summed E-state index contributed by atoms with van der Waals surface area (Å²) in [5.74, 6) is -0.937. The summed E-state index contributed by atoms with van der Waals surface area (Å²) in [4.78, 5) is 24.9. The number of aryl methyl sites for hydroxylation is 1. The average molecular weight is 320 g/mol. The summed E-state index contributed by atoms with van der Waals surface area (Å²) in [6, 6.07) is 5.37. The van der Waals surface area contributed by atoms with E-state index in [0.717, 1.165) is 17.7 Å². The minimum atomic E-state index is -0.937. The fourth-order valence-corrected chi connectivity index (χ4v) is 2.55. The second-order valence-electron chi connectivity index (χ2n) is 6.89. The Morgan fingerprint density at radius 1 is 1.35 bits per heavy atom. The number of carbonyl (C=O) groups excluding carboxylic acids is 1. The van der Waals surface area contributed by atoms with Gasteiger partial charge in [0.25, 0.3) is 0 Å². The smallest absolute Gasteiger partial charge is 0.410 e. The molecule has 1 atom stereocenters. The number of ether oxygens (including phenoxy) is 1. The van der Waals surface area contributed by atoms with E-state index in [4.69, 9.17) is 4.74 Å². The quantitative estimate of drug-likeness (QED) is 0.894. The molecule has 0 radical (unpaired) electrons.